The van der Waals surface area contributed by atoms with Gasteiger partial charge in [-0.3, -0.25) is 20.1 Å². The summed E-state index contributed by atoms with van der Waals surface area (Å²) in [6.07, 6.45) is 1.58. The van der Waals surface area contributed by atoms with E-state index in [9.17, 15) is 23.5 Å². The van der Waals surface area contributed by atoms with E-state index in [0.717, 1.165) is 16.0 Å². The van der Waals surface area contributed by atoms with E-state index in [-0.39, 0.29) is 24.5 Å². The highest BCUT2D eigenvalue weighted by molar-refractivity contribution is 6.09. The third-order valence-corrected chi connectivity index (χ3v) is 6.35. The van der Waals surface area contributed by atoms with Crippen LogP contribution in [0.5, 0.6) is 5.75 Å². The lowest BCUT2D eigenvalue weighted by atomic mass is 9.86. The smallest absolute Gasteiger partial charge is 0.323 e. The largest absolute Gasteiger partial charge is 0.493 e. The number of aliphatic imine (C=N–C) groups is 1. The number of benzene rings is 1. The number of amides is 2. The summed E-state index contributed by atoms with van der Waals surface area (Å²) in [5.41, 5.74) is 2.82. The number of nitrogens with zero attached hydrogens (tertiary/aromatic N) is 3. The van der Waals surface area contributed by atoms with Crippen molar-refractivity contribution in [2.75, 3.05) is 19.7 Å². The quantitative estimate of drug-likeness (QED) is 0.715. The molecule has 3 aliphatic rings. The van der Waals surface area contributed by atoms with Crippen molar-refractivity contribution in [3.8, 4) is 5.75 Å². The molecule has 1 aromatic heterocycles. The van der Waals surface area contributed by atoms with Gasteiger partial charge in [0.05, 0.1) is 32.3 Å². The maximum Gasteiger partial charge on any atom is 0.323 e. The van der Waals surface area contributed by atoms with Gasteiger partial charge in [-0.25, -0.2) is 13.6 Å². The third kappa shape index (κ3) is 4.50. The standard InChI is InChI=1S/C24H24F2N4O4/c25-24(26)12-30(13-24)23(33)29-22-19-11-27-15(7-14(19)10-28-22)8-16(31)9-18-17-3-1-2-4-21(17)34-6-5-20(18)32/h1-4,7,11,18,20,32H,5-6,8-10,12-13H2,(H,28,29,33)/t18-,20+/m0/s1. The zero-order valence-electron chi connectivity index (χ0n) is 18.3. The maximum atomic E-state index is 13.0. The lowest BCUT2D eigenvalue weighted by molar-refractivity contribution is -0.119. The minimum atomic E-state index is -2.84. The van der Waals surface area contributed by atoms with Crippen LogP contribution in [0.25, 0.3) is 0 Å². The number of aromatic nitrogens is 1. The summed E-state index contributed by atoms with van der Waals surface area (Å²) in [5.74, 6) is -2.25. The summed E-state index contributed by atoms with van der Waals surface area (Å²) in [6.45, 7) is -0.514. The predicted molar refractivity (Wildman–Crippen MR) is 118 cm³/mol. The van der Waals surface area contributed by atoms with E-state index < -0.39 is 31.1 Å². The van der Waals surface area contributed by atoms with E-state index in [1.165, 1.54) is 0 Å². The Bertz CT molecular complexity index is 1160. The van der Waals surface area contributed by atoms with Crippen molar-refractivity contribution in [2.45, 2.75) is 43.8 Å². The zero-order valence-corrected chi connectivity index (χ0v) is 18.3. The number of Topliss-reactive ketones (excluding diaryl/α,β-unsaturated/α-hetero) is 1. The van der Waals surface area contributed by atoms with Gasteiger partial charge >= 0.3 is 6.03 Å². The molecule has 0 unspecified atom stereocenters. The van der Waals surface area contributed by atoms with E-state index in [4.69, 9.17) is 4.74 Å². The molecule has 2 N–H and O–H groups in total. The van der Waals surface area contributed by atoms with E-state index in [0.29, 0.717) is 42.4 Å². The minimum Gasteiger partial charge on any atom is -0.493 e. The van der Waals surface area contributed by atoms with Crippen LogP contribution in [0.15, 0.2) is 41.5 Å². The number of para-hydroxylation sites is 1. The number of likely N-dealkylation sites (tertiary alicyclic amines) is 1. The number of nitrogens with one attached hydrogen (secondary N) is 1. The number of halogens is 2. The first-order valence-corrected chi connectivity index (χ1v) is 11.2. The molecule has 0 spiro atoms. The van der Waals surface area contributed by atoms with Gasteiger partial charge in [-0.1, -0.05) is 18.2 Å². The van der Waals surface area contributed by atoms with Crippen molar-refractivity contribution in [1.82, 2.24) is 15.2 Å². The van der Waals surface area contributed by atoms with Crippen molar-refractivity contribution in [3.05, 3.63) is 58.9 Å². The molecule has 1 aromatic carbocycles. The summed E-state index contributed by atoms with van der Waals surface area (Å²) < 4.78 is 31.7. The molecular weight excluding hydrogens is 446 g/mol. The number of fused-ring (bicyclic) bond motifs is 2. The molecule has 34 heavy (non-hydrogen) atoms. The van der Waals surface area contributed by atoms with Gasteiger partial charge in [0.25, 0.3) is 5.92 Å². The summed E-state index contributed by atoms with van der Waals surface area (Å²) in [6, 6.07) is 8.60. The Labute approximate surface area is 194 Å². The first kappa shape index (κ1) is 22.4. The number of amidine groups is 1. The SMILES string of the molecule is O=C(Cc1cc2c(cn1)C(NC(=O)N1CC(F)(F)C1)=NC2)C[C@H]1c2ccccc2OCC[C@H]1O. The number of ketones is 1. The molecule has 1 saturated heterocycles. The van der Waals surface area contributed by atoms with E-state index >= 15 is 0 Å². The number of hydrogen-bond donors (Lipinski definition) is 2. The fourth-order valence-corrected chi connectivity index (χ4v) is 4.56. The highest BCUT2D eigenvalue weighted by Gasteiger charge is 2.46. The Balaban J connectivity index is 1.22. The van der Waals surface area contributed by atoms with E-state index in [1.54, 1.807) is 12.3 Å². The molecule has 3 aliphatic heterocycles. The van der Waals surface area contributed by atoms with Crippen LogP contribution in [0.2, 0.25) is 0 Å². The summed E-state index contributed by atoms with van der Waals surface area (Å²) in [4.78, 5) is 34.7. The van der Waals surface area contributed by atoms with Crippen LogP contribution in [0, 0.1) is 0 Å². The average Bonchev–Trinajstić information content (AvgIpc) is 3.10. The number of urea groups is 1. The molecule has 0 saturated carbocycles. The van der Waals surface area contributed by atoms with Crippen LogP contribution in [-0.4, -0.2) is 64.4 Å². The molecule has 1 fully saturated rings. The summed E-state index contributed by atoms with van der Waals surface area (Å²) >= 11 is 0. The number of hydrogen-bond acceptors (Lipinski definition) is 6. The molecule has 2 amide bonds. The highest BCUT2D eigenvalue weighted by Crippen LogP contribution is 2.36. The lowest BCUT2D eigenvalue weighted by Gasteiger charge is -2.38. The molecule has 0 aliphatic carbocycles. The molecule has 2 atom stereocenters. The van der Waals surface area contributed by atoms with E-state index in [2.05, 4.69) is 15.3 Å². The van der Waals surface area contributed by atoms with Gasteiger partial charge in [-0.15, -0.1) is 0 Å². The summed E-state index contributed by atoms with van der Waals surface area (Å²) in [5, 5.41) is 13.2. The first-order valence-electron chi connectivity index (χ1n) is 11.2. The topological polar surface area (TPSA) is 104 Å². The van der Waals surface area contributed by atoms with Crippen LogP contribution in [0.4, 0.5) is 13.6 Å². The Morgan fingerprint density at radius 1 is 1.26 bits per heavy atom. The van der Waals surface area contributed by atoms with Gasteiger partial charge in [-0.05, 0) is 17.7 Å². The fourth-order valence-electron chi connectivity index (χ4n) is 4.56. The van der Waals surface area contributed by atoms with Crippen molar-refractivity contribution >= 4 is 17.6 Å². The van der Waals surface area contributed by atoms with Crippen molar-refractivity contribution < 1.29 is 28.2 Å². The van der Waals surface area contributed by atoms with Gasteiger partial charge in [0.2, 0.25) is 0 Å². The minimum absolute atomic E-state index is 0.0562. The Morgan fingerprint density at radius 2 is 2.06 bits per heavy atom. The van der Waals surface area contributed by atoms with Gasteiger partial charge in [0.15, 0.2) is 0 Å². The van der Waals surface area contributed by atoms with Gasteiger partial charge < -0.3 is 14.7 Å². The fraction of sp³-hybridized carbons (Fsp3) is 0.417. The van der Waals surface area contributed by atoms with Gasteiger partial charge in [-0.2, -0.15) is 0 Å². The molecule has 178 valence electrons. The Hall–Kier alpha value is -3.40. The normalized spacial score (nSPS) is 22.4. The predicted octanol–water partition coefficient (Wildman–Crippen LogP) is 2.43. The molecule has 10 heteroatoms. The van der Waals surface area contributed by atoms with Crippen LogP contribution < -0.4 is 10.1 Å². The molecule has 0 bridgehead atoms. The second-order valence-corrected chi connectivity index (χ2v) is 8.91. The van der Waals surface area contributed by atoms with Crippen LogP contribution in [-0.2, 0) is 17.8 Å². The van der Waals surface area contributed by atoms with Crippen LogP contribution >= 0.6 is 0 Å². The number of alkyl halides is 2. The average molecular weight is 470 g/mol. The number of carbonyl (C=O) groups excluding carboxylic acids is 2. The number of aliphatic hydroxyl groups excluding tert-OH is 1. The maximum absolute atomic E-state index is 13.0. The Morgan fingerprint density at radius 3 is 2.85 bits per heavy atom. The molecule has 8 nitrogen and oxygen atoms in total. The molecule has 2 aromatic rings. The van der Waals surface area contributed by atoms with Crippen molar-refractivity contribution in [1.29, 1.82) is 0 Å². The monoisotopic (exact) mass is 470 g/mol. The Kier molecular flexibility index (Phi) is 5.76. The second-order valence-electron chi connectivity index (χ2n) is 8.91. The van der Waals surface area contributed by atoms with E-state index in [1.807, 2.05) is 24.3 Å². The number of pyridine rings is 1. The number of ether oxygens (including phenoxy) is 1. The molecule has 5 rings (SSSR count). The number of carbonyl (C=O) groups is 2. The third-order valence-electron chi connectivity index (χ3n) is 6.35. The highest BCUT2D eigenvalue weighted by atomic mass is 19.3. The van der Waals surface area contributed by atoms with Crippen molar-refractivity contribution in [2.24, 2.45) is 4.99 Å². The van der Waals surface area contributed by atoms with Crippen LogP contribution in [0.1, 0.15) is 41.1 Å². The molecule has 4 heterocycles. The zero-order chi connectivity index (χ0) is 23.9. The number of aliphatic hydroxyl groups is 1. The van der Waals surface area contributed by atoms with Gasteiger partial charge in [0, 0.05) is 48.2 Å². The molecule has 0 radical (unpaired) electrons. The van der Waals surface area contributed by atoms with Crippen LogP contribution in [0.3, 0.4) is 0 Å². The lowest BCUT2D eigenvalue weighted by Crippen LogP contribution is -2.61. The first-order chi connectivity index (χ1) is 16.3. The second kappa shape index (κ2) is 8.75. The van der Waals surface area contributed by atoms with Crippen molar-refractivity contribution in [3.63, 3.8) is 0 Å². The van der Waals surface area contributed by atoms with Gasteiger partial charge in [0.1, 0.15) is 17.4 Å². The molecular formula is C24H24F2N4O4. The number of rotatable bonds is 4. The summed E-state index contributed by atoms with van der Waals surface area (Å²) in [7, 11) is 0.